The van der Waals surface area contributed by atoms with Gasteiger partial charge >= 0.3 is 0 Å². The Morgan fingerprint density at radius 3 is 2.80 bits per heavy atom. The van der Waals surface area contributed by atoms with Crippen LogP contribution in [-0.2, 0) is 4.74 Å². The van der Waals surface area contributed by atoms with E-state index in [0.29, 0.717) is 12.5 Å². The third kappa shape index (κ3) is 4.44. The molecule has 0 radical (unpaired) electrons. The van der Waals surface area contributed by atoms with Gasteiger partial charge in [-0.05, 0) is 25.5 Å². The van der Waals surface area contributed by atoms with Crippen LogP contribution in [-0.4, -0.2) is 35.8 Å². The van der Waals surface area contributed by atoms with Crippen LogP contribution >= 0.6 is 11.6 Å². The van der Waals surface area contributed by atoms with Crippen LogP contribution in [0.1, 0.15) is 12.1 Å². The molecule has 0 aliphatic rings. The molecule has 0 amide bonds. The Bertz CT molecular complexity index is 273. The summed E-state index contributed by atoms with van der Waals surface area (Å²) >= 11 is 5.69. The van der Waals surface area contributed by atoms with Crippen molar-refractivity contribution >= 4 is 17.4 Å². The number of ether oxygens (including phenoxy) is 1. The lowest BCUT2D eigenvalue weighted by atomic mass is 10.2. The lowest BCUT2D eigenvalue weighted by Crippen LogP contribution is -2.26. The monoisotopic (exact) mass is 229 g/mol. The van der Waals surface area contributed by atoms with Gasteiger partial charge in [0.25, 0.3) is 0 Å². The van der Waals surface area contributed by atoms with E-state index in [1.165, 1.54) is 0 Å². The summed E-state index contributed by atoms with van der Waals surface area (Å²) in [6.07, 6.45) is 0.838. The van der Waals surface area contributed by atoms with Crippen molar-refractivity contribution in [1.29, 1.82) is 0 Å². The van der Waals surface area contributed by atoms with Crippen molar-refractivity contribution in [2.75, 3.05) is 24.9 Å². The first-order valence-corrected chi connectivity index (χ1v) is 5.41. The summed E-state index contributed by atoms with van der Waals surface area (Å²) in [5.74, 6) is 1.35. The number of nitrogens with zero attached hydrogens (tertiary/aromatic N) is 2. The van der Waals surface area contributed by atoms with E-state index in [1.807, 2.05) is 19.1 Å². The molecule has 1 heterocycles. The molecule has 84 valence electrons. The molecule has 5 heteroatoms. The van der Waals surface area contributed by atoms with Crippen molar-refractivity contribution < 1.29 is 4.74 Å². The summed E-state index contributed by atoms with van der Waals surface area (Å²) in [7, 11) is 1.67. The van der Waals surface area contributed by atoms with E-state index in [0.717, 1.165) is 17.9 Å². The van der Waals surface area contributed by atoms with Crippen LogP contribution < -0.4 is 5.32 Å². The number of hydrogen-bond acceptors (Lipinski definition) is 4. The first-order valence-electron chi connectivity index (χ1n) is 4.88. The van der Waals surface area contributed by atoms with Crippen LogP contribution in [0.2, 0.25) is 0 Å². The Labute approximate surface area is 95.0 Å². The lowest BCUT2D eigenvalue weighted by Gasteiger charge is -2.16. The van der Waals surface area contributed by atoms with Gasteiger partial charge < -0.3 is 10.1 Å². The molecule has 0 saturated carbocycles. The smallest absolute Gasteiger partial charge is 0.148 e. The Kier molecular flexibility index (Phi) is 5.36. The Balaban J connectivity index is 2.53. The summed E-state index contributed by atoms with van der Waals surface area (Å²) in [5.41, 5.74) is 0.904. The second-order valence-electron chi connectivity index (χ2n) is 3.33. The zero-order valence-corrected chi connectivity index (χ0v) is 9.79. The number of nitrogens with one attached hydrogen (secondary N) is 1. The fourth-order valence-electron chi connectivity index (χ4n) is 1.22. The van der Waals surface area contributed by atoms with Crippen molar-refractivity contribution in [2.45, 2.75) is 19.4 Å². The minimum Gasteiger partial charge on any atom is -0.383 e. The molecular formula is C10H16ClN3O. The molecule has 1 aromatic heterocycles. The zero-order chi connectivity index (χ0) is 11.1. The van der Waals surface area contributed by atoms with Crippen molar-refractivity contribution in [3.63, 3.8) is 0 Å². The van der Waals surface area contributed by atoms with E-state index in [2.05, 4.69) is 15.5 Å². The number of halogens is 1. The molecule has 1 aromatic rings. The van der Waals surface area contributed by atoms with E-state index in [9.17, 15) is 0 Å². The van der Waals surface area contributed by atoms with E-state index in [1.54, 1.807) is 7.11 Å². The van der Waals surface area contributed by atoms with Gasteiger partial charge in [-0.25, -0.2) is 0 Å². The fraction of sp³-hybridized carbons (Fsp3) is 0.600. The summed E-state index contributed by atoms with van der Waals surface area (Å²) in [6, 6.07) is 4.00. The SMILES string of the molecule is COCC(CCCl)Nc1ccc(C)nn1. The number of hydrogen-bond donors (Lipinski definition) is 1. The van der Waals surface area contributed by atoms with E-state index in [-0.39, 0.29) is 6.04 Å². The summed E-state index contributed by atoms with van der Waals surface area (Å²) in [4.78, 5) is 0. The molecule has 15 heavy (non-hydrogen) atoms. The van der Waals surface area contributed by atoms with Gasteiger partial charge in [-0.3, -0.25) is 0 Å². The number of aryl methyl sites for hydroxylation is 1. The first kappa shape index (κ1) is 12.2. The molecule has 0 saturated heterocycles. The average molecular weight is 230 g/mol. The highest BCUT2D eigenvalue weighted by atomic mass is 35.5. The fourth-order valence-corrected chi connectivity index (χ4v) is 1.48. The maximum absolute atomic E-state index is 5.69. The number of rotatable bonds is 6. The van der Waals surface area contributed by atoms with Crippen LogP contribution in [0.25, 0.3) is 0 Å². The van der Waals surface area contributed by atoms with Gasteiger partial charge in [-0.15, -0.1) is 16.7 Å². The molecule has 0 bridgehead atoms. The van der Waals surface area contributed by atoms with Crippen LogP contribution in [0.15, 0.2) is 12.1 Å². The van der Waals surface area contributed by atoms with Gasteiger partial charge in [0, 0.05) is 13.0 Å². The maximum Gasteiger partial charge on any atom is 0.148 e. The first-order chi connectivity index (χ1) is 7.26. The van der Waals surface area contributed by atoms with Crippen molar-refractivity contribution in [1.82, 2.24) is 10.2 Å². The van der Waals surface area contributed by atoms with Gasteiger partial charge in [0.2, 0.25) is 0 Å². The molecule has 1 atom stereocenters. The summed E-state index contributed by atoms with van der Waals surface area (Å²) < 4.78 is 5.08. The maximum atomic E-state index is 5.69. The van der Waals surface area contributed by atoms with Crippen LogP contribution in [0, 0.1) is 6.92 Å². The topological polar surface area (TPSA) is 47.0 Å². The molecule has 0 fully saturated rings. The predicted molar refractivity (Wildman–Crippen MR) is 61.4 cm³/mol. The number of aromatic nitrogens is 2. The normalized spacial score (nSPS) is 12.5. The third-order valence-electron chi connectivity index (χ3n) is 1.98. The molecular weight excluding hydrogens is 214 g/mol. The van der Waals surface area contributed by atoms with Crippen molar-refractivity contribution in [3.8, 4) is 0 Å². The number of anilines is 1. The Hall–Kier alpha value is -0.870. The van der Waals surface area contributed by atoms with Gasteiger partial charge in [-0.1, -0.05) is 0 Å². The molecule has 0 aromatic carbocycles. The largest absolute Gasteiger partial charge is 0.383 e. The van der Waals surface area contributed by atoms with Gasteiger partial charge in [0.15, 0.2) is 0 Å². The molecule has 0 aliphatic heterocycles. The molecule has 1 N–H and O–H groups in total. The van der Waals surface area contributed by atoms with Crippen LogP contribution in [0.3, 0.4) is 0 Å². The van der Waals surface area contributed by atoms with Gasteiger partial charge in [0.1, 0.15) is 5.82 Å². The quantitative estimate of drug-likeness (QED) is 0.757. The second-order valence-corrected chi connectivity index (χ2v) is 3.71. The van der Waals surface area contributed by atoms with Crippen molar-refractivity contribution in [3.05, 3.63) is 17.8 Å². The van der Waals surface area contributed by atoms with Gasteiger partial charge in [-0.2, -0.15) is 5.10 Å². The van der Waals surface area contributed by atoms with E-state index >= 15 is 0 Å². The molecule has 0 spiro atoms. The van der Waals surface area contributed by atoms with Crippen LogP contribution in [0.5, 0.6) is 0 Å². The van der Waals surface area contributed by atoms with E-state index < -0.39 is 0 Å². The number of methoxy groups -OCH3 is 1. The minimum atomic E-state index is 0.185. The second kappa shape index (κ2) is 6.58. The van der Waals surface area contributed by atoms with Crippen molar-refractivity contribution in [2.24, 2.45) is 0 Å². The highest BCUT2D eigenvalue weighted by molar-refractivity contribution is 6.17. The third-order valence-corrected chi connectivity index (χ3v) is 2.19. The Morgan fingerprint density at radius 1 is 1.47 bits per heavy atom. The standard InChI is InChI=1S/C10H16ClN3O/c1-8-3-4-10(14-13-8)12-9(5-6-11)7-15-2/h3-4,9H,5-7H2,1-2H3,(H,12,14). The highest BCUT2D eigenvalue weighted by Gasteiger charge is 2.08. The van der Waals surface area contributed by atoms with Crippen LogP contribution in [0.4, 0.5) is 5.82 Å². The molecule has 1 unspecified atom stereocenters. The minimum absolute atomic E-state index is 0.185. The average Bonchev–Trinajstić information content (AvgIpc) is 2.22. The lowest BCUT2D eigenvalue weighted by molar-refractivity contribution is 0.184. The number of alkyl halides is 1. The molecule has 0 aliphatic carbocycles. The van der Waals surface area contributed by atoms with Gasteiger partial charge in [0.05, 0.1) is 18.3 Å². The zero-order valence-electron chi connectivity index (χ0n) is 9.03. The highest BCUT2D eigenvalue weighted by Crippen LogP contribution is 2.06. The summed E-state index contributed by atoms with van der Waals surface area (Å²) in [5, 5.41) is 11.2. The molecule has 4 nitrogen and oxygen atoms in total. The summed E-state index contributed by atoms with van der Waals surface area (Å²) in [6.45, 7) is 2.52. The predicted octanol–water partition coefficient (Wildman–Crippen LogP) is 1.84. The molecule has 1 rings (SSSR count). The Morgan fingerprint density at radius 2 is 2.27 bits per heavy atom. The van der Waals surface area contributed by atoms with E-state index in [4.69, 9.17) is 16.3 Å².